The second-order valence-electron chi connectivity index (χ2n) is 4.77. The maximum absolute atomic E-state index is 11.9. The van der Waals surface area contributed by atoms with Crippen molar-refractivity contribution in [3.05, 3.63) is 0 Å². The Labute approximate surface area is 101 Å². The Morgan fingerprint density at radius 1 is 1.12 bits per heavy atom. The summed E-state index contributed by atoms with van der Waals surface area (Å²) in [5.41, 5.74) is -1.08. The van der Waals surface area contributed by atoms with Crippen molar-refractivity contribution in [3.63, 3.8) is 0 Å². The summed E-state index contributed by atoms with van der Waals surface area (Å²) in [7, 11) is 0. The molecule has 1 heterocycles. The normalized spacial score (nSPS) is 20.8. The molecule has 96 valence electrons. The number of carbonyl (C=O) groups is 3. The third-order valence-corrected chi connectivity index (χ3v) is 3.41. The number of amides is 4. The highest BCUT2D eigenvalue weighted by Gasteiger charge is 2.49. The van der Waals surface area contributed by atoms with Gasteiger partial charge >= 0.3 is 6.03 Å². The SMILES string of the molecule is CCCC(C)CC1(CC)C(=O)NC(=O)NC1=O. The van der Waals surface area contributed by atoms with Crippen LogP contribution >= 0.6 is 0 Å². The number of hydrogen-bond donors (Lipinski definition) is 2. The van der Waals surface area contributed by atoms with Crippen LogP contribution in [0.15, 0.2) is 0 Å². The van der Waals surface area contributed by atoms with Gasteiger partial charge < -0.3 is 0 Å². The lowest BCUT2D eigenvalue weighted by atomic mass is 9.74. The number of nitrogens with one attached hydrogen (secondary N) is 2. The van der Waals surface area contributed by atoms with Crippen molar-refractivity contribution in [2.45, 2.75) is 46.5 Å². The van der Waals surface area contributed by atoms with Crippen LogP contribution in [0.25, 0.3) is 0 Å². The first-order valence-electron chi connectivity index (χ1n) is 6.13. The molecule has 0 radical (unpaired) electrons. The predicted octanol–water partition coefficient (Wildman–Crippen LogP) is 1.58. The van der Waals surface area contributed by atoms with Crippen LogP contribution in [0.2, 0.25) is 0 Å². The molecule has 17 heavy (non-hydrogen) atoms. The highest BCUT2D eigenvalue weighted by Crippen LogP contribution is 2.34. The van der Waals surface area contributed by atoms with E-state index in [1.54, 1.807) is 6.92 Å². The molecule has 0 bridgehead atoms. The summed E-state index contributed by atoms with van der Waals surface area (Å²) in [6.45, 7) is 5.89. The first kappa shape index (κ1) is 13.7. The zero-order chi connectivity index (χ0) is 13.1. The summed E-state index contributed by atoms with van der Waals surface area (Å²) in [6.07, 6.45) is 2.88. The van der Waals surface area contributed by atoms with Gasteiger partial charge in [0.2, 0.25) is 11.8 Å². The molecule has 1 atom stereocenters. The molecule has 0 saturated carbocycles. The monoisotopic (exact) mass is 240 g/mol. The molecule has 5 heteroatoms. The topological polar surface area (TPSA) is 75.3 Å². The minimum absolute atomic E-state index is 0.282. The highest BCUT2D eigenvalue weighted by molar-refractivity contribution is 6.19. The maximum Gasteiger partial charge on any atom is 0.328 e. The summed E-state index contributed by atoms with van der Waals surface area (Å²) in [5.74, 6) is -0.641. The number of carbonyl (C=O) groups excluding carboxylic acids is 3. The Hall–Kier alpha value is -1.39. The van der Waals surface area contributed by atoms with Gasteiger partial charge in [-0.15, -0.1) is 0 Å². The highest BCUT2D eigenvalue weighted by atomic mass is 16.2. The van der Waals surface area contributed by atoms with Crippen molar-refractivity contribution in [2.24, 2.45) is 11.3 Å². The fourth-order valence-corrected chi connectivity index (χ4v) is 2.42. The van der Waals surface area contributed by atoms with Gasteiger partial charge in [-0.3, -0.25) is 20.2 Å². The van der Waals surface area contributed by atoms with Crippen molar-refractivity contribution < 1.29 is 14.4 Å². The van der Waals surface area contributed by atoms with Crippen LogP contribution < -0.4 is 10.6 Å². The number of imide groups is 2. The van der Waals surface area contributed by atoms with E-state index in [-0.39, 0.29) is 5.92 Å². The molecule has 0 spiro atoms. The Bertz CT molecular complexity index is 319. The van der Waals surface area contributed by atoms with E-state index in [1.165, 1.54) is 0 Å². The lowest BCUT2D eigenvalue weighted by molar-refractivity contribution is -0.146. The molecule has 1 aliphatic rings. The quantitative estimate of drug-likeness (QED) is 0.716. The summed E-state index contributed by atoms with van der Waals surface area (Å²) in [6, 6.07) is -0.716. The Balaban J connectivity index is 2.89. The van der Waals surface area contributed by atoms with Gasteiger partial charge in [-0.2, -0.15) is 0 Å². The second kappa shape index (κ2) is 5.29. The van der Waals surface area contributed by atoms with Gasteiger partial charge in [0.25, 0.3) is 0 Å². The van der Waals surface area contributed by atoms with Crippen LogP contribution in [-0.4, -0.2) is 17.8 Å². The second-order valence-corrected chi connectivity index (χ2v) is 4.77. The van der Waals surface area contributed by atoms with Gasteiger partial charge in [-0.05, 0) is 18.8 Å². The Morgan fingerprint density at radius 2 is 1.65 bits per heavy atom. The summed E-state index contributed by atoms with van der Waals surface area (Å²) >= 11 is 0. The first-order valence-corrected chi connectivity index (χ1v) is 6.13. The van der Waals surface area contributed by atoms with Crippen molar-refractivity contribution >= 4 is 17.8 Å². The van der Waals surface area contributed by atoms with Crippen LogP contribution in [0.5, 0.6) is 0 Å². The van der Waals surface area contributed by atoms with Gasteiger partial charge in [0.15, 0.2) is 0 Å². The molecule has 2 N–H and O–H groups in total. The van der Waals surface area contributed by atoms with Gasteiger partial charge in [-0.25, -0.2) is 4.79 Å². The molecular formula is C12H20N2O3. The van der Waals surface area contributed by atoms with Crippen LogP contribution in [0, 0.1) is 11.3 Å². The van der Waals surface area contributed by atoms with E-state index in [1.807, 2.05) is 6.92 Å². The molecule has 0 aromatic heterocycles. The van der Waals surface area contributed by atoms with Crippen LogP contribution in [0.3, 0.4) is 0 Å². The minimum Gasteiger partial charge on any atom is -0.277 e. The fraction of sp³-hybridized carbons (Fsp3) is 0.750. The summed E-state index contributed by atoms with van der Waals surface area (Å²) in [5, 5.41) is 4.38. The number of rotatable bonds is 5. The molecular weight excluding hydrogens is 220 g/mol. The largest absolute Gasteiger partial charge is 0.328 e. The molecule has 1 fully saturated rings. The van der Waals surface area contributed by atoms with E-state index in [0.29, 0.717) is 12.8 Å². The first-order chi connectivity index (χ1) is 7.96. The minimum atomic E-state index is -1.08. The number of urea groups is 1. The van der Waals surface area contributed by atoms with Crippen LogP contribution in [0.1, 0.15) is 46.5 Å². The zero-order valence-electron chi connectivity index (χ0n) is 10.6. The van der Waals surface area contributed by atoms with Crippen LogP contribution in [-0.2, 0) is 9.59 Å². The van der Waals surface area contributed by atoms with E-state index in [4.69, 9.17) is 0 Å². The molecule has 1 rings (SSSR count). The van der Waals surface area contributed by atoms with Crippen LogP contribution in [0.4, 0.5) is 4.79 Å². The molecule has 4 amide bonds. The average Bonchev–Trinajstić information content (AvgIpc) is 2.24. The molecule has 0 aromatic rings. The molecule has 5 nitrogen and oxygen atoms in total. The van der Waals surface area contributed by atoms with E-state index in [2.05, 4.69) is 17.6 Å². The van der Waals surface area contributed by atoms with E-state index >= 15 is 0 Å². The Kier molecular flexibility index (Phi) is 4.26. The van der Waals surface area contributed by atoms with Crippen molar-refractivity contribution in [2.75, 3.05) is 0 Å². The van der Waals surface area contributed by atoms with Gasteiger partial charge in [-0.1, -0.05) is 33.6 Å². The lowest BCUT2D eigenvalue weighted by Gasteiger charge is -2.34. The maximum atomic E-state index is 11.9. The molecule has 0 aliphatic carbocycles. The standard InChI is InChI=1S/C12H20N2O3/c1-4-6-8(3)7-12(5-2)9(15)13-11(17)14-10(12)16/h8H,4-7H2,1-3H3,(H2,13,14,15,16,17). The van der Waals surface area contributed by atoms with E-state index in [0.717, 1.165) is 12.8 Å². The third kappa shape index (κ3) is 2.65. The van der Waals surface area contributed by atoms with Gasteiger partial charge in [0.05, 0.1) is 0 Å². The molecule has 1 saturated heterocycles. The Morgan fingerprint density at radius 3 is 2.06 bits per heavy atom. The predicted molar refractivity (Wildman–Crippen MR) is 63.1 cm³/mol. The smallest absolute Gasteiger partial charge is 0.277 e. The van der Waals surface area contributed by atoms with E-state index in [9.17, 15) is 14.4 Å². The van der Waals surface area contributed by atoms with Crippen molar-refractivity contribution in [1.82, 2.24) is 10.6 Å². The average molecular weight is 240 g/mol. The van der Waals surface area contributed by atoms with Crippen molar-refractivity contribution in [3.8, 4) is 0 Å². The van der Waals surface area contributed by atoms with E-state index < -0.39 is 23.3 Å². The lowest BCUT2D eigenvalue weighted by Crippen LogP contribution is -2.62. The molecule has 1 unspecified atom stereocenters. The molecule has 0 aromatic carbocycles. The van der Waals surface area contributed by atoms with Gasteiger partial charge in [0, 0.05) is 0 Å². The third-order valence-electron chi connectivity index (χ3n) is 3.41. The van der Waals surface area contributed by atoms with Crippen molar-refractivity contribution in [1.29, 1.82) is 0 Å². The summed E-state index contributed by atoms with van der Waals surface area (Å²) < 4.78 is 0. The zero-order valence-corrected chi connectivity index (χ0v) is 10.6. The van der Waals surface area contributed by atoms with Gasteiger partial charge in [0.1, 0.15) is 5.41 Å². The fourth-order valence-electron chi connectivity index (χ4n) is 2.42. The molecule has 1 aliphatic heterocycles. The number of barbiturate groups is 1. The summed E-state index contributed by atoms with van der Waals surface area (Å²) in [4.78, 5) is 34.9. The number of hydrogen-bond acceptors (Lipinski definition) is 3.